The molecule has 1 atom stereocenters. The van der Waals surface area contributed by atoms with Crippen LogP contribution >= 0.6 is 0 Å². The highest BCUT2D eigenvalue weighted by atomic mass is 16.3. The van der Waals surface area contributed by atoms with Gasteiger partial charge in [-0.1, -0.05) is 18.2 Å². The summed E-state index contributed by atoms with van der Waals surface area (Å²) in [6, 6.07) is 4.63. The topological polar surface area (TPSA) is 52.5 Å². The Kier molecular flexibility index (Phi) is 3.74. The highest BCUT2D eigenvalue weighted by Crippen LogP contribution is 2.31. The minimum absolute atomic E-state index is 0.108. The molecule has 0 amide bonds. The fourth-order valence-corrected chi connectivity index (χ4v) is 1.41. The molecule has 0 radical (unpaired) electrons. The summed E-state index contributed by atoms with van der Waals surface area (Å²) >= 11 is 0. The average molecular weight is 207 g/mol. The minimum Gasteiger partial charge on any atom is -0.507 e. The minimum atomic E-state index is -0.108. The molecular formula is C12H17NO2. The van der Waals surface area contributed by atoms with Gasteiger partial charge in [-0.15, -0.1) is 0 Å². The van der Waals surface area contributed by atoms with Gasteiger partial charge >= 0.3 is 0 Å². The third-order valence-corrected chi connectivity index (χ3v) is 2.20. The molecule has 1 aromatic carbocycles. The number of nitrogens with one attached hydrogen (secondary N) is 1. The second-order valence-corrected chi connectivity index (χ2v) is 3.77. The molecule has 82 valence electrons. The molecule has 1 aromatic rings. The summed E-state index contributed by atoms with van der Waals surface area (Å²) in [7, 11) is 0. The van der Waals surface area contributed by atoms with Crippen molar-refractivity contribution in [2.45, 2.75) is 19.9 Å². The quantitative estimate of drug-likeness (QED) is 0.664. The molecule has 0 bridgehead atoms. The van der Waals surface area contributed by atoms with E-state index in [4.69, 9.17) is 0 Å². The van der Waals surface area contributed by atoms with Crippen molar-refractivity contribution in [2.24, 2.45) is 0 Å². The van der Waals surface area contributed by atoms with Crippen LogP contribution in [0.15, 0.2) is 30.4 Å². The van der Waals surface area contributed by atoms with Crippen molar-refractivity contribution in [2.75, 3.05) is 6.54 Å². The van der Waals surface area contributed by atoms with Crippen molar-refractivity contribution in [3.63, 3.8) is 0 Å². The van der Waals surface area contributed by atoms with Gasteiger partial charge in [0, 0.05) is 12.6 Å². The van der Waals surface area contributed by atoms with E-state index in [1.807, 2.05) is 13.8 Å². The zero-order valence-electron chi connectivity index (χ0n) is 9.12. The van der Waals surface area contributed by atoms with Gasteiger partial charge in [-0.25, -0.2) is 0 Å². The van der Waals surface area contributed by atoms with Crippen molar-refractivity contribution in [1.82, 2.24) is 5.32 Å². The van der Waals surface area contributed by atoms with E-state index in [1.165, 1.54) is 0 Å². The molecule has 0 aliphatic rings. The molecule has 3 heteroatoms. The second kappa shape index (κ2) is 4.84. The molecule has 15 heavy (non-hydrogen) atoms. The molecule has 0 aromatic heterocycles. The fourth-order valence-electron chi connectivity index (χ4n) is 1.41. The van der Waals surface area contributed by atoms with E-state index in [0.29, 0.717) is 12.1 Å². The molecule has 0 saturated carbocycles. The maximum absolute atomic E-state index is 9.60. The summed E-state index contributed by atoms with van der Waals surface area (Å²) < 4.78 is 0. The van der Waals surface area contributed by atoms with Gasteiger partial charge in [0.25, 0.3) is 0 Å². The van der Waals surface area contributed by atoms with Gasteiger partial charge in [0.2, 0.25) is 0 Å². The van der Waals surface area contributed by atoms with E-state index in [2.05, 4.69) is 11.9 Å². The van der Waals surface area contributed by atoms with Gasteiger partial charge < -0.3 is 15.5 Å². The largest absolute Gasteiger partial charge is 0.507 e. The van der Waals surface area contributed by atoms with Crippen LogP contribution in [0.2, 0.25) is 0 Å². The van der Waals surface area contributed by atoms with Gasteiger partial charge in [0.15, 0.2) is 0 Å². The maximum atomic E-state index is 9.60. The first kappa shape index (κ1) is 11.6. The molecule has 1 rings (SSSR count). The van der Waals surface area contributed by atoms with Crippen LogP contribution in [-0.4, -0.2) is 16.8 Å². The van der Waals surface area contributed by atoms with E-state index >= 15 is 0 Å². The standard InChI is InChI=1S/C12H17NO2/c1-8(2)7-13-9(3)12-10(14)5-4-6-11(12)15/h4-6,9,13-15H,1,7H2,2-3H3. The van der Waals surface area contributed by atoms with Gasteiger partial charge in [-0.05, 0) is 26.0 Å². The third-order valence-electron chi connectivity index (χ3n) is 2.20. The summed E-state index contributed by atoms with van der Waals surface area (Å²) in [5, 5.41) is 22.4. The number of benzene rings is 1. The number of hydrogen-bond acceptors (Lipinski definition) is 3. The highest BCUT2D eigenvalue weighted by Gasteiger charge is 2.13. The van der Waals surface area contributed by atoms with Crippen LogP contribution in [0.25, 0.3) is 0 Å². The van der Waals surface area contributed by atoms with Crippen LogP contribution in [-0.2, 0) is 0 Å². The molecule has 1 unspecified atom stereocenters. The zero-order valence-corrected chi connectivity index (χ0v) is 9.12. The number of hydrogen-bond donors (Lipinski definition) is 3. The Morgan fingerprint density at radius 1 is 1.40 bits per heavy atom. The monoisotopic (exact) mass is 207 g/mol. The summed E-state index contributed by atoms with van der Waals surface area (Å²) in [6.07, 6.45) is 0. The smallest absolute Gasteiger partial charge is 0.124 e. The number of phenols is 2. The highest BCUT2D eigenvalue weighted by molar-refractivity contribution is 5.44. The summed E-state index contributed by atoms with van der Waals surface area (Å²) in [5.41, 5.74) is 1.54. The Labute approximate surface area is 90.1 Å². The molecule has 0 spiro atoms. The Balaban J connectivity index is 2.81. The lowest BCUT2D eigenvalue weighted by Crippen LogP contribution is -2.20. The van der Waals surface area contributed by atoms with Crippen molar-refractivity contribution in [1.29, 1.82) is 0 Å². The van der Waals surface area contributed by atoms with E-state index in [-0.39, 0.29) is 17.5 Å². The molecule has 0 saturated heterocycles. The fraction of sp³-hybridized carbons (Fsp3) is 0.333. The van der Waals surface area contributed by atoms with Gasteiger partial charge in [-0.2, -0.15) is 0 Å². The predicted molar refractivity (Wildman–Crippen MR) is 61.0 cm³/mol. The van der Waals surface area contributed by atoms with Crippen LogP contribution in [0.4, 0.5) is 0 Å². The van der Waals surface area contributed by atoms with Gasteiger partial charge in [0.1, 0.15) is 11.5 Å². The molecule has 0 fully saturated rings. The molecule has 3 N–H and O–H groups in total. The second-order valence-electron chi connectivity index (χ2n) is 3.77. The lowest BCUT2D eigenvalue weighted by molar-refractivity contribution is 0.421. The van der Waals surface area contributed by atoms with Crippen molar-refractivity contribution >= 4 is 0 Å². The van der Waals surface area contributed by atoms with Crippen LogP contribution in [0.3, 0.4) is 0 Å². The zero-order chi connectivity index (χ0) is 11.4. The van der Waals surface area contributed by atoms with Crippen LogP contribution in [0.5, 0.6) is 11.5 Å². The van der Waals surface area contributed by atoms with E-state index in [0.717, 1.165) is 5.57 Å². The summed E-state index contributed by atoms with van der Waals surface area (Å²) in [6.45, 7) is 8.25. The summed E-state index contributed by atoms with van der Waals surface area (Å²) in [5.74, 6) is 0.216. The van der Waals surface area contributed by atoms with Crippen molar-refractivity contribution < 1.29 is 10.2 Å². The molecule has 0 heterocycles. The van der Waals surface area contributed by atoms with Gasteiger partial charge in [0.05, 0.1) is 5.56 Å². The van der Waals surface area contributed by atoms with E-state index in [1.54, 1.807) is 18.2 Å². The van der Waals surface area contributed by atoms with Crippen LogP contribution < -0.4 is 5.32 Å². The molecule has 0 aliphatic carbocycles. The maximum Gasteiger partial charge on any atom is 0.124 e. The van der Waals surface area contributed by atoms with Crippen LogP contribution in [0, 0.1) is 0 Å². The molecular weight excluding hydrogens is 190 g/mol. The Morgan fingerprint density at radius 2 is 1.93 bits per heavy atom. The lowest BCUT2D eigenvalue weighted by atomic mass is 10.1. The van der Waals surface area contributed by atoms with Crippen molar-refractivity contribution in [3.05, 3.63) is 35.9 Å². The SMILES string of the molecule is C=C(C)CNC(C)c1c(O)cccc1O. The number of phenolic OH excluding ortho intramolecular Hbond substituents is 2. The first-order chi connectivity index (χ1) is 7.02. The average Bonchev–Trinajstić information content (AvgIpc) is 2.14. The predicted octanol–water partition coefficient (Wildman–Crippen LogP) is 2.32. The Hall–Kier alpha value is -1.48. The summed E-state index contributed by atoms with van der Waals surface area (Å²) in [4.78, 5) is 0. The van der Waals surface area contributed by atoms with E-state index < -0.39 is 0 Å². The molecule has 3 nitrogen and oxygen atoms in total. The van der Waals surface area contributed by atoms with Crippen molar-refractivity contribution in [3.8, 4) is 11.5 Å². The number of rotatable bonds is 4. The number of aromatic hydroxyl groups is 2. The third kappa shape index (κ3) is 2.99. The van der Waals surface area contributed by atoms with E-state index in [9.17, 15) is 10.2 Å². The first-order valence-electron chi connectivity index (χ1n) is 4.91. The van der Waals surface area contributed by atoms with Crippen LogP contribution in [0.1, 0.15) is 25.5 Å². The normalized spacial score (nSPS) is 12.4. The Morgan fingerprint density at radius 3 is 2.40 bits per heavy atom. The lowest BCUT2D eigenvalue weighted by Gasteiger charge is -2.16. The van der Waals surface area contributed by atoms with Gasteiger partial charge in [-0.3, -0.25) is 0 Å². The Bertz CT molecular complexity index is 340. The molecule has 0 aliphatic heterocycles. The first-order valence-corrected chi connectivity index (χ1v) is 4.91.